The van der Waals surface area contributed by atoms with Gasteiger partial charge in [0.25, 0.3) is 0 Å². The van der Waals surface area contributed by atoms with Crippen molar-refractivity contribution in [3.63, 3.8) is 0 Å². The highest BCUT2D eigenvalue weighted by molar-refractivity contribution is 5.50. The van der Waals surface area contributed by atoms with E-state index in [1.54, 1.807) is 14.2 Å². The molecule has 1 N–H and O–H groups in total. The quantitative estimate of drug-likeness (QED) is 0.801. The molecule has 0 fully saturated rings. The molecule has 0 aromatic heterocycles. The van der Waals surface area contributed by atoms with Crippen LogP contribution in [0.4, 0.5) is 0 Å². The van der Waals surface area contributed by atoms with Crippen LogP contribution < -0.4 is 14.8 Å². The van der Waals surface area contributed by atoms with Gasteiger partial charge in [0.1, 0.15) is 11.5 Å². The monoisotopic (exact) mass is 207 g/mol. The predicted octanol–water partition coefficient (Wildman–Crippen LogP) is 1.74. The molecular formula is C12H17NO2. The predicted molar refractivity (Wildman–Crippen MR) is 59.6 cm³/mol. The van der Waals surface area contributed by atoms with Gasteiger partial charge in [-0.05, 0) is 25.5 Å². The molecule has 0 saturated heterocycles. The lowest BCUT2D eigenvalue weighted by molar-refractivity contribution is 0.379. The van der Waals surface area contributed by atoms with Gasteiger partial charge < -0.3 is 14.8 Å². The zero-order chi connectivity index (χ0) is 10.8. The lowest BCUT2D eigenvalue weighted by atomic mass is 9.95. The number of hydrogen-bond donors (Lipinski definition) is 1. The number of hydrogen-bond acceptors (Lipinski definition) is 3. The van der Waals surface area contributed by atoms with E-state index in [9.17, 15) is 0 Å². The molecule has 1 heterocycles. The van der Waals surface area contributed by atoms with E-state index in [4.69, 9.17) is 9.47 Å². The van der Waals surface area contributed by atoms with Crippen molar-refractivity contribution in [1.29, 1.82) is 0 Å². The van der Waals surface area contributed by atoms with Gasteiger partial charge in [-0.1, -0.05) is 0 Å². The van der Waals surface area contributed by atoms with Crippen LogP contribution in [0, 0.1) is 0 Å². The molecule has 0 saturated carbocycles. The van der Waals surface area contributed by atoms with Crippen molar-refractivity contribution < 1.29 is 9.47 Å². The Morgan fingerprint density at radius 3 is 2.33 bits per heavy atom. The summed E-state index contributed by atoms with van der Waals surface area (Å²) in [6, 6.07) is 4.45. The third kappa shape index (κ3) is 1.79. The number of benzene rings is 1. The Kier molecular flexibility index (Phi) is 2.82. The first-order valence-corrected chi connectivity index (χ1v) is 5.22. The third-order valence-corrected chi connectivity index (χ3v) is 2.92. The van der Waals surface area contributed by atoms with Crippen LogP contribution in [0.15, 0.2) is 12.1 Å². The Hall–Kier alpha value is -1.22. The van der Waals surface area contributed by atoms with Crippen molar-refractivity contribution in [1.82, 2.24) is 5.32 Å². The fourth-order valence-corrected chi connectivity index (χ4v) is 2.10. The fraction of sp³-hybridized carbons (Fsp3) is 0.500. The minimum Gasteiger partial charge on any atom is -0.496 e. The molecular weight excluding hydrogens is 190 g/mol. The molecule has 82 valence electrons. The molecule has 1 aliphatic rings. The van der Waals surface area contributed by atoms with Crippen molar-refractivity contribution in [3.8, 4) is 11.5 Å². The van der Waals surface area contributed by atoms with E-state index in [1.165, 1.54) is 11.1 Å². The van der Waals surface area contributed by atoms with Gasteiger partial charge in [-0.15, -0.1) is 0 Å². The van der Waals surface area contributed by atoms with Crippen LogP contribution in [0.25, 0.3) is 0 Å². The standard InChI is InChI=1S/C12H17NO2/c1-8-6-9-10(7-13-8)12(15-3)5-4-11(9)14-2/h4-5,8,13H,6-7H2,1-3H3. The van der Waals surface area contributed by atoms with Crippen molar-refractivity contribution >= 4 is 0 Å². The molecule has 15 heavy (non-hydrogen) atoms. The summed E-state index contributed by atoms with van der Waals surface area (Å²) in [6.45, 7) is 3.04. The van der Waals surface area contributed by atoms with Gasteiger partial charge in [-0.2, -0.15) is 0 Å². The van der Waals surface area contributed by atoms with E-state index in [0.29, 0.717) is 6.04 Å². The van der Waals surface area contributed by atoms with Crippen LogP contribution in [-0.4, -0.2) is 20.3 Å². The Morgan fingerprint density at radius 1 is 1.13 bits per heavy atom. The molecule has 0 bridgehead atoms. The number of methoxy groups -OCH3 is 2. The maximum absolute atomic E-state index is 5.38. The maximum Gasteiger partial charge on any atom is 0.123 e. The molecule has 1 atom stereocenters. The van der Waals surface area contributed by atoms with Crippen molar-refractivity contribution in [2.75, 3.05) is 14.2 Å². The summed E-state index contributed by atoms with van der Waals surface area (Å²) < 4.78 is 10.7. The lowest BCUT2D eigenvalue weighted by Gasteiger charge is -2.26. The highest BCUT2D eigenvalue weighted by Crippen LogP contribution is 2.33. The van der Waals surface area contributed by atoms with Crippen molar-refractivity contribution in [2.24, 2.45) is 0 Å². The van der Waals surface area contributed by atoms with Gasteiger partial charge in [-0.25, -0.2) is 0 Å². The first kappa shape index (κ1) is 10.3. The minimum absolute atomic E-state index is 0.499. The number of nitrogens with one attached hydrogen (secondary N) is 1. The molecule has 0 aliphatic carbocycles. The molecule has 1 aliphatic heterocycles. The smallest absolute Gasteiger partial charge is 0.123 e. The summed E-state index contributed by atoms with van der Waals surface area (Å²) in [6.07, 6.45) is 0.996. The minimum atomic E-state index is 0.499. The average Bonchev–Trinajstić information content (AvgIpc) is 2.27. The van der Waals surface area contributed by atoms with Gasteiger partial charge in [0, 0.05) is 23.7 Å². The number of ether oxygens (including phenoxy) is 2. The Labute approximate surface area is 90.4 Å². The van der Waals surface area contributed by atoms with Gasteiger partial charge in [-0.3, -0.25) is 0 Å². The zero-order valence-electron chi connectivity index (χ0n) is 9.46. The van der Waals surface area contributed by atoms with Crippen LogP contribution in [0.5, 0.6) is 11.5 Å². The molecule has 1 aromatic carbocycles. The first-order valence-electron chi connectivity index (χ1n) is 5.22. The first-order chi connectivity index (χ1) is 7.26. The Balaban J connectivity index is 2.48. The number of rotatable bonds is 2. The van der Waals surface area contributed by atoms with Crippen LogP contribution in [0.3, 0.4) is 0 Å². The zero-order valence-corrected chi connectivity index (χ0v) is 9.46. The lowest BCUT2D eigenvalue weighted by Crippen LogP contribution is -2.33. The number of fused-ring (bicyclic) bond motifs is 1. The summed E-state index contributed by atoms with van der Waals surface area (Å²) in [5.74, 6) is 1.92. The third-order valence-electron chi connectivity index (χ3n) is 2.92. The van der Waals surface area contributed by atoms with E-state index in [0.717, 1.165) is 24.5 Å². The largest absolute Gasteiger partial charge is 0.496 e. The molecule has 1 unspecified atom stereocenters. The summed E-state index contributed by atoms with van der Waals surface area (Å²) in [5.41, 5.74) is 2.51. The van der Waals surface area contributed by atoms with E-state index in [1.807, 2.05) is 12.1 Å². The second-order valence-corrected chi connectivity index (χ2v) is 3.91. The molecule has 3 nitrogen and oxygen atoms in total. The summed E-state index contributed by atoms with van der Waals surface area (Å²) in [5, 5.41) is 3.43. The summed E-state index contributed by atoms with van der Waals surface area (Å²) in [4.78, 5) is 0. The molecule has 1 aromatic rings. The van der Waals surface area contributed by atoms with Crippen molar-refractivity contribution in [3.05, 3.63) is 23.3 Å². The topological polar surface area (TPSA) is 30.5 Å². The Bertz CT molecular complexity index is 363. The highest BCUT2D eigenvalue weighted by atomic mass is 16.5. The van der Waals surface area contributed by atoms with Gasteiger partial charge in [0.05, 0.1) is 14.2 Å². The van der Waals surface area contributed by atoms with Crippen LogP contribution in [-0.2, 0) is 13.0 Å². The average molecular weight is 207 g/mol. The van der Waals surface area contributed by atoms with E-state index in [2.05, 4.69) is 12.2 Å². The van der Waals surface area contributed by atoms with Gasteiger partial charge >= 0.3 is 0 Å². The van der Waals surface area contributed by atoms with E-state index in [-0.39, 0.29) is 0 Å². The normalized spacial score (nSPS) is 19.5. The highest BCUT2D eigenvalue weighted by Gasteiger charge is 2.21. The molecule has 3 heteroatoms. The van der Waals surface area contributed by atoms with E-state index >= 15 is 0 Å². The van der Waals surface area contributed by atoms with Crippen LogP contribution in [0.2, 0.25) is 0 Å². The summed E-state index contributed by atoms with van der Waals surface area (Å²) >= 11 is 0. The summed E-state index contributed by atoms with van der Waals surface area (Å²) in [7, 11) is 3.43. The maximum atomic E-state index is 5.38. The van der Waals surface area contributed by atoms with Crippen LogP contribution >= 0.6 is 0 Å². The second kappa shape index (κ2) is 4.11. The Morgan fingerprint density at radius 2 is 1.73 bits per heavy atom. The molecule has 0 spiro atoms. The second-order valence-electron chi connectivity index (χ2n) is 3.91. The molecule has 0 amide bonds. The molecule has 0 radical (unpaired) electrons. The fourth-order valence-electron chi connectivity index (χ4n) is 2.10. The van der Waals surface area contributed by atoms with Gasteiger partial charge in [0.2, 0.25) is 0 Å². The molecule has 2 rings (SSSR count). The SMILES string of the molecule is COc1ccc(OC)c2c1CNC(C)C2. The van der Waals surface area contributed by atoms with Crippen molar-refractivity contribution in [2.45, 2.75) is 25.9 Å². The van der Waals surface area contributed by atoms with Crippen LogP contribution in [0.1, 0.15) is 18.1 Å². The van der Waals surface area contributed by atoms with E-state index < -0.39 is 0 Å². The van der Waals surface area contributed by atoms with Gasteiger partial charge in [0.15, 0.2) is 0 Å².